The average molecular weight is 204 g/mol. The molecule has 0 spiro atoms. The van der Waals surface area contributed by atoms with Crippen LogP contribution >= 0.6 is 0 Å². The Bertz CT molecular complexity index is 279. The van der Waals surface area contributed by atoms with Gasteiger partial charge in [-0.15, -0.1) is 0 Å². The first kappa shape index (κ1) is 11.6. The van der Waals surface area contributed by atoms with Gasteiger partial charge in [0.1, 0.15) is 0 Å². The Labute approximate surface area is 95.2 Å². The molecule has 0 amide bonds. The minimum atomic E-state index is 0.504. The molecule has 2 heteroatoms. The summed E-state index contributed by atoms with van der Waals surface area (Å²) in [5, 5.41) is 0. The summed E-state index contributed by atoms with van der Waals surface area (Å²) in [6, 6.07) is 6.38. The third kappa shape index (κ3) is 2.32. The van der Waals surface area contributed by atoms with E-state index in [0.29, 0.717) is 11.8 Å². The monoisotopic (exact) mass is 204 g/mol. The summed E-state index contributed by atoms with van der Waals surface area (Å²) in [6.45, 7) is 8.75. The molecule has 0 saturated carbocycles. The van der Waals surface area contributed by atoms with Crippen LogP contribution in [0.5, 0.6) is 5.75 Å². The Morgan fingerprint density at radius 1 is 1.00 bits per heavy atom. The van der Waals surface area contributed by atoms with Crippen LogP contribution in [-0.4, -0.2) is 16.6 Å². The van der Waals surface area contributed by atoms with Crippen molar-refractivity contribution >= 4 is 16.6 Å². The molecule has 1 aromatic carbocycles. The normalized spacial score (nSPS) is 11.1. The molecule has 0 saturated heterocycles. The zero-order valence-corrected chi connectivity index (χ0v) is 10.5. The molecule has 0 aliphatic carbocycles. The summed E-state index contributed by atoms with van der Waals surface area (Å²) in [7, 11) is 0. The van der Waals surface area contributed by atoms with E-state index in [0.717, 1.165) is 5.75 Å². The number of hydrogen-bond acceptors (Lipinski definition) is 1. The van der Waals surface area contributed by atoms with E-state index < -0.39 is 0 Å². The van der Waals surface area contributed by atoms with Crippen LogP contribution in [0.15, 0.2) is 18.2 Å². The molecule has 0 aromatic heterocycles. The summed E-state index contributed by atoms with van der Waals surface area (Å²) in [5.74, 6) is 2.04. The minimum absolute atomic E-state index is 0.504. The van der Waals surface area contributed by atoms with Crippen LogP contribution in [0.1, 0.15) is 50.7 Å². The van der Waals surface area contributed by atoms with Crippen molar-refractivity contribution in [3.63, 3.8) is 0 Å². The molecule has 0 fully saturated rings. The molecule has 0 radical (unpaired) electrons. The van der Waals surface area contributed by atoms with Crippen LogP contribution in [0, 0.1) is 0 Å². The molecule has 0 bridgehead atoms. The van der Waals surface area contributed by atoms with Gasteiger partial charge in [-0.3, -0.25) is 0 Å². The van der Waals surface area contributed by atoms with Crippen molar-refractivity contribution in [3.8, 4) is 5.75 Å². The van der Waals surface area contributed by atoms with Crippen molar-refractivity contribution in [2.24, 2.45) is 0 Å². The molecule has 14 heavy (non-hydrogen) atoms. The third-order valence-corrected chi connectivity index (χ3v) is 2.67. The Morgan fingerprint density at radius 2 is 1.43 bits per heavy atom. The summed E-state index contributed by atoms with van der Waals surface area (Å²) in [6.07, 6.45) is 0. The second-order valence-corrected chi connectivity index (χ2v) is 4.43. The molecule has 0 heterocycles. The zero-order valence-electron chi connectivity index (χ0n) is 9.37. The molecule has 0 unspecified atom stereocenters. The number of benzene rings is 1. The van der Waals surface area contributed by atoms with Crippen molar-refractivity contribution in [1.29, 1.82) is 0 Å². The maximum atomic E-state index is 5.42. The first-order valence-corrected chi connectivity index (χ1v) is 5.54. The van der Waals surface area contributed by atoms with E-state index in [4.69, 9.17) is 3.79 Å². The van der Waals surface area contributed by atoms with Gasteiger partial charge in [0.15, 0.2) is 0 Å². The van der Waals surface area contributed by atoms with E-state index in [1.165, 1.54) is 11.1 Å². The van der Waals surface area contributed by atoms with Gasteiger partial charge in [0.25, 0.3) is 0 Å². The van der Waals surface area contributed by atoms with Gasteiger partial charge in [-0.25, -0.2) is 0 Å². The predicted molar refractivity (Wildman–Crippen MR) is 61.0 cm³/mol. The first-order valence-electron chi connectivity index (χ1n) is 5.07. The first-order chi connectivity index (χ1) is 6.57. The van der Waals surface area contributed by atoms with E-state index in [1.54, 1.807) is 0 Å². The van der Waals surface area contributed by atoms with Gasteiger partial charge in [-0.1, -0.05) is 0 Å². The zero-order chi connectivity index (χ0) is 10.7. The van der Waals surface area contributed by atoms with E-state index in [2.05, 4.69) is 62.5 Å². The van der Waals surface area contributed by atoms with Gasteiger partial charge >= 0.3 is 95.0 Å². The predicted octanol–water partition coefficient (Wildman–Crippen LogP) is 3.40. The Kier molecular flexibility index (Phi) is 4.04. The van der Waals surface area contributed by atoms with E-state index in [-0.39, 0.29) is 0 Å². The molecule has 0 aliphatic rings. The van der Waals surface area contributed by atoms with Crippen LogP contribution in [-0.2, 0) is 0 Å². The molecule has 1 rings (SSSR count). The van der Waals surface area contributed by atoms with Crippen molar-refractivity contribution in [3.05, 3.63) is 29.3 Å². The summed E-state index contributed by atoms with van der Waals surface area (Å²) in [4.78, 5) is 0. The Balaban J connectivity index is 3.25. The second-order valence-electron chi connectivity index (χ2n) is 4.19. The van der Waals surface area contributed by atoms with Gasteiger partial charge in [-0.2, -0.15) is 0 Å². The van der Waals surface area contributed by atoms with Crippen LogP contribution in [0.3, 0.4) is 0 Å². The van der Waals surface area contributed by atoms with Crippen molar-refractivity contribution in [1.82, 2.24) is 0 Å². The summed E-state index contributed by atoms with van der Waals surface area (Å²) in [5.41, 5.74) is 2.57. The van der Waals surface area contributed by atoms with Crippen molar-refractivity contribution in [2.75, 3.05) is 0 Å². The van der Waals surface area contributed by atoms with Crippen LogP contribution in [0.4, 0.5) is 0 Å². The fraction of sp³-hybridized carbons (Fsp3) is 0.500. The van der Waals surface area contributed by atoms with Gasteiger partial charge in [0, 0.05) is 0 Å². The van der Waals surface area contributed by atoms with Crippen molar-refractivity contribution in [2.45, 2.75) is 39.5 Å². The molecule has 1 aromatic rings. The van der Waals surface area contributed by atoms with Gasteiger partial charge < -0.3 is 0 Å². The molecule has 72 valence electrons. The quantitative estimate of drug-likeness (QED) is 0.686. The van der Waals surface area contributed by atoms with Crippen LogP contribution < -0.4 is 3.79 Å². The summed E-state index contributed by atoms with van der Waals surface area (Å²) < 4.78 is 5.42. The Morgan fingerprint density at radius 3 is 1.71 bits per heavy atom. The van der Waals surface area contributed by atoms with E-state index in [1.807, 2.05) is 0 Å². The van der Waals surface area contributed by atoms with Gasteiger partial charge in [0.05, 0.1) is 0 Å². The standard InChI is InChI=1S/C12H18O.Al/c1-8(2)10-6-5-7-11(9(3)4)12(10)13;/h5-9,13H,1-4H3;/q;+3/p-1. The van der Waals surface area contributed by atoms with Crippen LogP contribution in [0.2, 0.25) is 0 Å². The maximum absolute atomic E-state index is 5.42. The SMILES string of the molecule is CC(C)c1cccc(C(C)C)c1[O][Al+2]. The number of para-hydroxylation sites is 1. The molecule has 0 aliphatic heterocycles. The van der Waals surface area contributed by atoms with Crippen molar-refractivity contribution < 1.29 is 3.79 Å². The third-order valence-electron chi connectivity index (χ3n) is 2.44. The van der Waals surface area contributed by atoms with Gasteiger partial charge in [0.2, 0.25) is 0 Å². The van der Waals surface area contributed by atoms with E-state index >= 15 is 0 Å². The molecule has 0 atom stereocenters. The Hall–Kier alpha value is -0.448. The molecule has 1 nitrogen and oxygen atoms in total. The van der Waals surface area contributed by atoms with Crippen LogP contribution in [0.25, 0.3) is 0 Å². The fourth-order valence-electron chi connectivity index (χ4n) is 1.62. The average Bonchev–Trinajstić information content (AvgIpc) is 2.16. The topological polar surface area (TPSA) is 9.23 Å². The fourth-order valence-corrected chi connectivity index (χ4v) is 1.89. The molecular formula is C12H17AlO+2. The number of hydrogen-bond donors (Lipinski definition) is 0. The molecular weight excluding hydrogens is 187 g/mol. The number of rotatable bonds is 3. The summed E-state index contributed by atoms with van der Waals surface area (Å²) >= 11 is 2.35. The second kappa shape index (κ2) is 4.87. The van der Waals surface area contributed by atoms with Gasteiger partial charge in [-0.05, 0) is 0 Å². The molecule has 0 N–H and O–H groups in total. The van der Waals surface area contributed by atoms with E-state index in [9.17, 15) is 0 Å².